The number of halogens is 2. The van der Waals surface area contributed by atoms with E-state index < -0.39 is 11.5 Å². The first-order valence-corrected chi connectivity index (χ1v) is 5.53. The van der Waals surface area contributed by atoms with Crippen molar-refractivity contribution in [1.82, 2.24) is 14.5 Å². The van der Waals surface area contributed by atoms with E-state index in [1.807, 2.05) is 0 Å². The van der Waals surface area contributed by atoms with Gasteiger partial charge in [0, 0.05) is 6.20 Å². The van der Waals surface area contributed by atoms with Crippen molar-refractivity contribution in [3.63, 3.8) is 0 Å². The highest BCUT2D eigenvalue weighted by Gasteiger charge is 2.31. The largest absolute Gasteiger partial charge is 0.480 e. The third kappa shape index (κ3) is 1.85. The SMILES string of the molecule is CC(C)(C(=O)O)n1ccc2c(Cl)nc(Cl)nc21. The average Bonchev–Trinajstić information content (AvgIpc) is 2.61. The van der Waals surface area contributed by atoms with Crippen LogP contribution in [0.3, 0.4) is 0 Å². The molecule has 0 radical (unpaired) electrons. The summed E-state index contributed by atoms with van der Waals surface area (Å²) < 4.78 is 1.50. The lowest BCUT2D eigenvalue weighted by atomic mass is 10.1. The number of carboxylic acid groups (broad SMARTS) is 1. The van der Waals surface area contributed by atoms with Crippen molar-refractivity contribution >= 4 is 40.2 Å². The minimum Gasteiger partial charge on any atom is -0.480 e. The maximum atomic E-state index is 11.2. The zero-order chi connectivity index (χ0) is 12.8. The molecule has 0 spiro atoms. The predicted octanol–water partition coefficient (Wildman–Crippen LogP) is 2.56. The van der Waals surface area contributed by atoms with Gasteiger partial charge < -0.3 is 9.67 Å². The summed E-state index contributed by atoms with van der Waals surface area (Å²) in [7, 11) is 0. The fourth-order valence-electron chi connectivity index (χ4n) is 1.51. The molecule has 0 amide bonds. The van der Waals surface area contributed by atoms with Crippen molar-refractivity contribution in [1.29, 1.82) is 0 Å². The van der Waals surface area contributed by atoms with Crippen LogP contribution in [0, 0.1) is 0 Å². The van der Waals surface area contributed by atoms with Crippen molar-refractivity contribution in [3.05, 3.63) is 22.7 Å². The van der Waals surface area contributed by atoms with Crippen LogP contribution >= 0.6 is 23.2 Å². The van der Waals surface area contributed by atoms with Crippen molar-refractivity contribution in [2.24, 2.45) is 0 Å². The van der Waals surface area contributed by atoms with E-state index in [4.69, 9.17) is 23.2 Å². The molecule has 2 heterocycles. The van der Waals surface area contributed by atoms with Crippen molar-refractivity contribution < 1.29 is 9.90 Å². The summed E-state index contributed by atoms with van der Waals surface area (Å²) in [6.07, 6.45) is 1.61. The summed E-state index contributed by atoms with van der Waals surface area (Å²) in [5.74, 6) is -0.971. The van der Waals surface area contributed by atoms with Crippen LogP contribution in [-0.4, -0.2) is 25.6 Å². The second kappa shape index (κ2) is 3.85. The number of carboxylic acids is 1. The maximum Gasteiger partial charge on any atom is 0.329 e. The fourth-order valence-corrected chi connectivity index (χ4v) is 1.94. The minimum atomic E-state index is -1.14. The number of fused-ring (bicyclic) bond motifs is 1. The van der Waals surface area contributed by atoms with Crippen LogP contribution in [0.1, 0.15) is 13.8 Å². The van der Waals surface area contributed by atoms with Crippen LogP contribution in [0.2, 0.25) is 10.4 Å². The first-order valence-electron chi connectivity index (χ1n) is 4.78. The molecule has 0 saturated heterocycles. The second-order valence-electron chi connectivity index (χ2n) is 4.07. The van der Waals surface area contributed by atoms with Crippen LogP contribution in [0.4, 0.5) is 0 Å². The van der Waals surface area contributed by atoms with Gasteiger partial charge in [-0.25, -0.2) is 9.78 Å². The quantitative estimate of drug-likeness (QED) is 0.675. The predicted molar refractivity (Wildman–Crippen MR) is 64.5 cm³/mol. The van der Waals surface area contributed by atoms with E-state index in [1.165, 1.54) is 4.57 Å². The molecule has 2 aromatic rings. The van der Waals surface area contributed by atoms with Gasteiger partial charge in [-0.3, -0.25) is 0 Å². The van der Waals surface area contributed by atoms with Gasteiger partial charge in [-0.2, -0.15) is 4.98 Å². The number of carbonyl (C=O) groups is 1. The molecule has 0 aliphatic heterocycles. The van der Waals surface area contributed by atoms with E-state index in [1.54, 1.807) is 26.1 Å². The van der Waals surface area contributed by atoms with Crippen molar-refractivity contribution in [2.45, 2.75) is 19.4 Å². The van der Waals surface area contributed by atoms with Gasteiger partial charge in [0.1, 0.15) is 16.3 Å². The molecule has 17 heavy (non-hydrogen) atoms. The molecule has 0 aliphatic carbocycles. The number of aliphatic carboxylic acids is 1. The molecule has 0 saturated carbocycles. The van der Waals surface area contributed by atoms with Crippen molar-refractivity contribution in [2.75, 3.05) is 0 Å². The third-order valence-corrected chi connectivity index (χ3v) is 3.05. The molecule has 0 aromatic carbocycles. The molecule has 0 atom stereocenters. The number of nitrogens with zero attached hydrogens (tertiary/aromatic N) is 3. The Morgan fingerprint density at radius 1 is 1.41 bits per heavy atom. The molecule has 0 fully saturated rings. The van der Waals surface area contributed by atoms with E-state index in [0.717, 1.165) is 0 Å². The maximum absolute atomic E-state index is 11.2. The lowest BCUT2D eigenvalue weighted by Crippen LogP contribution is -2.35. The van der Waals surface area contributed by atoms with E-state index >= 15 is 0 Å². The minimum absolute atomic E-state index is 0.0105. The van der Waals surface area contributed by atoms with Crippen LogP contribution in [0.5, 0.6) is 0 Å². The molecule has 7 heteroatoms. The standard InChI is InChI=1S/C10H9Cl2N3O2/c1-10(2,8(16)17)15-4-3-5-6(11)13-9(12)14-7(5)15/h3-4H,1-2H3,(H,16,17). The normalized spacial score (nSPS) is 12.0. The first kappa shape index (κ1) is 12.1. The summed E-state index contributed by atoms with van der Waals surface area (Å²) in [5.41, 5.74) is -0.731. The van der Waals surface area contributed by atoms with Crippen molar-refractivity contribution in [3.8, 4) is 0 Å². The molecule has 2 aromatic heterocycles. The molecule has 0 unspecified atom stereocenters. The Hall–Kier alpha value is -1.33. The van der Waals surface area contributed by atoms with Gasteiger partial charge in [0.15, 0.2) is 0 Å². The van der Waals surface area contributed by atoms with Gasteiger partial charge in [0.2, 0.25) is 5.28 Å². The average molecular weight is 274 g/mol. The monoisotopic (exact) mass is 273 g/mol. The van der Waals surface area contributed by atoms with Crippen LogP contribution in [0.15, 0.2) is 12.3 Å². The lowest BCUT2D eigenvalue weighted by Gasteiger charge is -2.22. The van der Waals surface area contributed by atoms with E-state index in [2.05, 4.69) is 9.97 Å². The van der Waals surface area contributed by atoms with Gasteiger partial charge in [0.25, 0.3) is 0 Å². The number of aromatic nitrogens is 3. The topological polar surface area (TPSA) is 68.0 Å². The number of hydrogen-bond donors (Lipinski definition) is 1. The van der Waals surface area contributed by atoms with Crippen LogP contribution in [-0.2, 0) is 10.3 Å². The molecular formula is C10H9Cl2N3O2. The molecule has 5 nitrogen and oxygen atoms in total. The lowest BCUT2D eigenvalue weighted by molar-refractivity contribution is -0.145. The second-order valence-corrected chi connectivity index (χ2v) is 4.77. The summed E-state index contributed by atoms with van der Waals surface area (Å²) in [4.78, 5) is 19.0. The molecule has 0 aliphatic rings. The number of hydrogen-bond acceptors (Lipinski definition) is 3. The van der Waals surface area contributed by atoms with Gasteiger partial charge >= 0.3 is 5.97 Å². The Morgan fingerprint density at radius 2 is 2.06 bits per heavy atom. The first-order chi connectivity index (χ1) is 7.84. The zero-order valence-corrected chi connectivity index (χ0v) is 10.6. The molecular weight excluding hydrogens is 265 g/mol. The number of rotatable bonds is 2. The molecule has 1 N–H and O–H groups in total. The summed E-state index contributed by atoms with van der Waals surface area (Å²) in [6, 6.07) is 1.67. The van der Waals surface area contributed by atoms with E-state index in [-0.39, 0.29) is 10.4 Å². The van der Waals surface area contributed by atoms with E-state index in [9.17, 15) is 9.90 Å². The highest BCUT2D eigenvalue weighted by Crippen LogP contribution is 2.27. The smallest absolute Gasteiger partial charge is 0.329 e. The highest BCUT2D eigenvalue weighted by molar-refractivity contribution is 6.35. The summed E-state index contributed by atoms with van der Waals surface area (Å²) >= 11 is 11.6. The molecule has 90 valence electrons. The van der Waals surface area contributed by atoms with Gasteiger partial charge in [-0.1, -0.05) is 11.6 Å². The summed E-state index contributed by atoms with van der Waals surface area (Å²) in [6.45, 7) is 3.14. The van der Waals surface area contributed by atoms with Gasteiger partial charge in [-0.15, -0.1) is 0 Å². The molecule has 2 rings (SSSR count). The van der Waals surface area contributed by atoms with Crippen LogP contribution in [0.25, 0.3) is 11.0 Å². The third-order valence-electron chi connectivity index (χ3n) is 2.60. The Balaban J connectivity index is 2.77. The highest BCUT2D eigenvalue weighted by atomic mass is 35.5. The zero-order valence-electron chi connectivity index (χ0n) is 9.11. The summed E-state index contributed by atoms with van der Waals surface area (Å²) in [5, 5.41) is 9.95. The van der Waals surface area contributed by atoms with E-state index in [0.29, 0.717) is 11.0 Å². The Labute approximate surface area is 107 Å². The Bertz CT molecular complexity index is 607. The Kier molecular flexibility index (Phi) is 2.75. The van der Waals surface area contributed by atoms with Gasteiger partial charge in [0.05, 0.1) is 5.39 Å². The van der Waals surface area contributed by atoms with Gasteiger partial charge in [-0.05, 0) is 31.5 Å². The fraction of sp³-hybridized carbons (Fsp3) is 0.300. The Morgan fingerprint density at radius 3 is 2.65 bits per heavy atom. The van der Waals surface area contributed by atoms with Crippen LogP contribution < -0.4 is 0 Å². The molecule has 0 bridgehead atoms.